The number of nitrogens with one attached hydrogen (secondary N) is 1. The average molecular weight is 285 g/mol. The van der Waals surface area contributed by atoms with Gasteiger partial charge < -0.3 is 9.88 Å². The lowest BCUT2D eigenvalue weighted by molar-refractivity contribution is 0.726. The summed E-state index contributed by atoms with van der Waals surface area (Å²) in [6.45, 7) is 4.02. The van der Waals surface area contributed by atoms with E-state index in [1.807, 2.05) is 12.6 Å². The topological polar surface area (TPSA) is 29.9 Å². The van der Waals surface area contributed by atoms with Gasteiger partial charge in [-0.1, -0.05) is 6.07 Å². The van der Waals surface area contributed by atoms with Crippen molar-refractivity contribution in [1.82, 2.24) is 14.9 Å². The molecule has 0 saturated carbocycles. The van der Waals surface area contributed by atoms with Crippen molar-refractivity contribution >= 4 is 22.2 Å². The Labute approximate surface area is 123 Å². The summed E-state index contributed by atoms with van der Waals surface area (Å²) >= 11 is 1.75. The van der Waals surface area contributed by atoms with E-state index >= 15 is 0 Å². The summed E-state index contributed by atoms with van der Waals surface area (Å²) in [5.41, 5.74) is 5.74. The average Bonchev–Trinajstić information content (AvgIpc) is 3.03. The highest BCUT2D eigenvalue weighted by atomic mass is 32.1. The molecule has 0 aliphatic rings. The molecule has 0 aliphatic carbocycles. The standard InChI is InChI=1S/C16H19N3S/c1-12-16(20-11-18-12)6-8-19-7-5-14-9-13(10-17-2)3-4-15(14)19/h3-5,7,9,11,17H,6,8,10H2,1-2H3. The van der Waals surface area contributed by atoms with Gasteiger partial charge >= 0.3 is 0 Å². The predicted molar refractivity (Wildman–Crippen MR) is 85.3 cm³/mol. The van der Waals surface area contributed by atoms with E-state index in [1.165, 1.54) is 27.0 Å². The Morgan fingerprint density at radius 3 is 2.95 bits per heavy atom. The fourth-order valence-corrected chi connectivity index (χ4v) is 3.32. The van der Waals surface area contributed by atoms with Gasteiger partial charge in [-0.15, -0.1) is 11.3 Å². The van der Waals surface area contributed by atoms with Crippen LogP contribution >= 0.6 is 11.3 Å². The van der Waals surface area contributed by atoms with Crippen molar-refractivity contribution in [3.63, 3.8) is 0 Å². The number of hydrogen-bond acceptors (Lipinski definition) is 3. The Morgan fingerprint density at radius 2 is 2.20 bits per heavy atom. The molecule has 104 valence electrons. The lowest BCUT2D eigenvalue weighted by atomic mass is 10.1. The number of nitrogens with zero attached hydrogens (tertiary/aromatic N) is 2. The van der Waals surface area contributed by atoms with Crippen molar-refractivity contribution in [1.29, 1.82) is 0 Å². The van der Waals surface area contributed by atoms with Crippen LogP contribution in [0.4, 0.5) is 0 Å². The molecule has 2 heterocycles. The summed E-state index contributed by atoms with van der Waals surface area (Å²) < 4.78 is 2.33. The van der Waals surface area contributed by atoms with Crippen LogP contribution in [0.15, 0.2) is 36.0 Å². The molecule has 0 amide bonds. The van der Waals surface area contributed by atoms with Crippen molar-refractivity contribution < 1.29 is 0 Å². The van der Waals surface area contributed by atoms with Crippen LogP contribution in [0.1, 0.15) is 16.1 Å². The number of aryl methyl sites for hydroxylation is 3. The summed E-state index contributed by atoms with van der Waals surface area (Å²) in [5.74, 6) is 0. The largest absolute Gasteiger partial charge is 0.347 e. The minimum absolute atomic E-state index is 0.918. The van der Waals surface area contributed by atoms with Gasteiger partial charge in [-0.2, -0.15) is 0 Å². The third-order valence-electron chi connectivity index (χ3n) is 3.64. The zero-order valence-corrected chi connectivity index (χ0v) is 12.7. The molecule has 0 radical (unpaired) electrons. The summed E-state index contributed by atoms with van der Waals surface area (Å²) in [7, 11) is 1.98. The number of benzene rings is 1. The summed E-state index contributed by atoms with van der Waals surface area (Å²) in [4.78, 5) is 5.70. The van der Waals surface area contributed by atoms with E-state index in [4.69, 9.17) is 0 Å². The van der Waals surface area contributed by atoms with Gasteiger partial charge in [-0.3, -0.25) is 0 Å². The fraction of sp³-hybridized carbons (Fsp3) is 0.312. The molecule has 4 heteroatoms. The SMILES string of the molecule is CNCc1ccc2c(ccn2CCc2scnc2C)c1. The van der Waals surface area contributed by atoms with Crippen LogP contribution in [0.3, 0.4) is 0 Å². The summed E-state index contributed by atoms with van der Waals surface area (Å²) in [6, 6.07) is 8.89. The Morgan fingerprint density at radius 1 is 1.30 bits per heavy atom. The zero-order valence-electron chi connectivity index (χ0n) is 11.9. The van der Waals surface area contributed by atoms with Gasteiger partial charge in [0, 0.05) is 36.1 Å². The molecule has 3 nitrogen and oxygen atoms in total. The summed E-state index contributed by atoms with van der Waals surface area (Å²) in [6.07, 6.45) is 3.24. The third kappa shape index (κ3) is 2.62. The Hall–Kier alpha value is -1.65. The minimum atomic E-state index is 0.918. The molecule has 0 saturated heterocycles. The van der Waals surface area contributed by atoms with Crippen molar-refractivity contribution in [2.45, 2.75) is 26.4 Å². The van der Waals surface area contributed by atoms with Crippen LogP contribution in [0.25, 0.3) is 10.9 Å². The maximum Gasteiger partial charge on any atom is 0.0797 e. The highest BCUT2D eigenvalue weighted by molar-refractivity contribution is 7.09. The van der Waals surface area contributed by atoms with Crippen LogP contribution in [0.2, 0.25) is 0 Å². The minimum Gasteiger partial charge on any atom is -0.347 e. The number of aromatic nitrogens is 2. The number of hydrogen-bond donors (Lipinski definition) is 1. The first kappa shape index (κ1) is 13.3. The lowest BCUT2D eigenvalue weighted by Gasteiger charge is -2.06. The van der Waals surface area contributed by atoms with Gasteiger partial charge in [0.1, 0.15) is 0 Å². The molecule has 0 unspecified atom stereocenters. The van der Waals surface area contributed by atoms with Crippen molar-refractivity contribution in [2.75, 3.05) is 7.05 Å². The molecule has 0 atom stereocenters. The molecule has 2 aromatic heterocycles. The van der Waals surface area contributed by atoms with Crippen LogP contribution in [0, 0.1) is 6.92 Å². The first-order valence-electron chi connectivity index (χ1n) is 6.89. The highest BCUT2D eigenvalue weighted by Gasteiger charge is 2.05. The number of thiazole rings is 1. The van der Waals surface area contributed by atoms with E-state index in [0.29, 0.717) is 0 Å². The van der Waals surface area contributed by atoms with Gasteiger partial charge in [0.2, 0.25) is 0 Å². The molecule has 3 aromatic rings. The molecular formula is C16H19N3S. The van der Waals surface area contributed by atoms with E-state index in [-0.39, 0.29) is 0 Å². The Kier molecular flexibility index (Phi) is 3.85. The Balaban J connectivity index is 1.80. The summed E-state index contributed by atoms with van der Waals surface area (Å²) in [5, 5.41) is 4.51. The predicted octanol–water partition coefficient (Wildman–Crippen LogP) is 3.37. The molecule has 1 N–H and O–H groups in total. The molecule has 1 aromatic carbocycles. The maximum absolute atomic E-state index is 4.31. The van der Waals surface area contributed by atoms with Gasteiger partial charge in [-0.05, 0) is 43.1 Å². The first-order chi connectivity index (χ1) is 9.78. The van der Waals surface area contributed by atoms with Crippen LogP contribution < -0.4 is 5.32 Å². The van der Waals surface area contributed by atoms with Crippen LogP contribution in [0.5, 0.6) is 0 Å². The molecule has 0 aliphatic heterocycles. The second-order valence-electron chi connectivity index (χ2n) is 5.04. The first-order valence-corrected chi connectivity index (χ1v) is 7.77. The number of fused-ring (bicyclic) bond motifs is 1. The lowest BCUT2D eigenvalue weighted by Crippen LogP contribution is -2.04. The van der Waals surface area contributed by atoms with Gasteiger partial charge in [0.25, 0.3) is 0 Å². The van der Waals surface area contributed by atoms with E-state index in [2.05, 4.69) is 52.3 Å². The number of rotatable bonds is 5. The normalized spacial score (nSPS) is 11.3. The van der Waals surface area contributed by atoms with Crippen molar-refractivity contribution in [2.24, 2.45) is 0 Å². The second kappa shape index (κ2) is 5.77. The van der Waals surface area contributed by atoms with Gasteiger partial charge in [-0.25, -0.2) is 4.98 Å². The monoisotopic (exact) mass is 285 g/mol. The van der Waals surface area contributed by atoms with E-state index in [0.717, 1.165) is 19.5 Å². The van der Waals surface area contributed by atoms with Gasteiger partial charge in [0.05, 0.1) is 11.2 Å². The third-order valence-corrected chi connectivity index (χ3v) is 4.64. The maximum atomic E-state index is 4.31. The van der Waals surface area contributed by atoms with E-state index < -0.39 is 0 Å². The smallest absolute Gasteiger partial charge is 0.0797 e. The molecule has 3 rings (SSSR count). The molecular weight excluding hydrogens is 266 g/mol. The highest BCUT2D eigenvalue weighted by Crippen LogP contribution is 2.20. The van der Waals surface area contributed by atoms with E-state index in [9.17, 15) is 0 Å². The van der Waals surface area contributed by atoms with Crippen LogP contribution in [-0.2, 0) is 19.5 Å². The van der Waals surface area contributed by atoms with Crippen molar-refractivity contribution in [3.8, 4) is 0 Å². The quantitative estimate of drug-likeness (QED) is 0.779. The molecule has 0 spiro atoms. The fourth-order valence-electron chi connectivity index (χ4n) is 2.55. The zero-order chi connectivity index (χ0) is 13.9. The van der Waals surface area contributed by atoms with E-state index in [1.54, 1.807) is 11.3 Å². The molecule has 0 fully saturated rings. The van der Waals surface area contributed by atoms with Crippen LogP contribution in [-0.4, -0.2) is 16.6 Å². The Bertz CT molecular complexity index is 711. The molecule has 20 heavy (non-hydrogen) atoms. The van der Waals surface area contributed by atoms with Gasteiger partial charge in [0.15, 0.2) is 0 Å². The second-order valence-corrected chi connectivity index (χ2v) is 5.98. The molecule has 0 bridgehead atoms. The van der Waals surface area contributed by atoms with Crippen molar-refractivity contribution in [3.05, 3.63) is 52.1 Å².